The topological polar surface area (TPSA) is 86.2 Å². The monoisotopic (exact) mass is 386 g/mol. The zero-order valence-corrected chi connectivity index (χ0v) is 15.2. The molecular weight excluding hydrogens is 372 g/mol. The number of rotatable bonds is 6. The number of aromatic nitrogens is 3. The fourth-order valence-corrected chi connectivity index (χ4v) is 3.87. The lowest BCUT2D eigenvalue weighted by atomic mass is 10.2. The minimum Gasteiger partial charge on any atom is -0.471 e. The highest BCUT2D eigenvalue weighted by Gasteiger charge is 2.20. The van der Waals surface area contributed by atoms with Crippen LogP contribution in [0.2, 0.25) is 5.02 Å². The fourth-order valence-electron chi connectivity index (χ4n) is 2.01. The standard InChI is InChI=1S/C14H15ClN4O3S2/c1-2-23-14-19-18-13(24-14)17-11(20)8-5-10(15)12(16-6-8)22-9-3-4-21-7-9/h5-6,9H,2-4,7H2,1H3,(H,17,18,20)/t9-/m0/s1. The lowest BCUT2D eigenvalue weighted by Gasteiger charge is -2.12. The number of hydrogen-bond acceptors (Lipinski definition) is 8. The Labute approximate surface area is 152 Å². The molecule has 1 saturated heterocycles. The van der Waals surface area contributed by atoms with Crippen LogP contribution in [0.4, 0.5) is 5.13 Å². The van der Waals surface area contributed by atoms with Gasteiger partial charge in [-0.15, -0.1) is 10.2 Å². The van der Waals surface area contributed by atoms with Crippen LogP contribution in [0.3, 0.4) is 0 Å². The Bertz CT molecular complexity index is 722. The van der Waals surface area contributed by atoms with Gasteiger partial charge in [0.2, 0.25) is 11.0 Å². The first-order valence-electron chi connectivity index (χ1n) is 7.33. The molecule has 1 fully saturated rings. The molecule has 24 heavy (non-hydrogen) atoms. The molecule has 0 spiro atoms. The number of carbonyl (C=O) groups excluding carboxylic acids is 1. The van der Waals surface area contributed by atoms with Crippen LogP contribution in [-0.4, -0.2) is 46.2 Å². The molecule has 1 aliphatic heterocycles. The van der Waals surface area contributed by atoms with E-state index in [2.05, 4.69) is 20.5 Å². The Morgan fingerprint density at radius 3 is 3.17 bits per heavy atom. The molecule has 0 aromatic carbocycles. The molecule has 0 bridgehead atoms. The van der Waals surface area contributed by atoms with Crippen molar-refractivity contribution in [2.45, 2.75) is 23.8 Å². The second-order valence-corrected chi connectivity index (χ2v) is 7.77. The number of amides is 1. The highest BCUT2D eigenvalue weighted by Crippen LogP contribution is 2.27. The Kier molecular flexibility index (Phi) is 5.88. The molecule has 0 aliphatic carbocycles. The molecular formula is C14H15ClN4O3S2. The zero-order chi connectivity index (χ0) is 16.9. The lowest BCUT2D eigenvalue weighted by molar-refractivity contribution is 0.102. The number of pyridine rings is 1. The van der Waals surface area contributed by atoms with Crippen molar-refractivity contribution >= 4 is 45.7 Å². The van der Waals surface area contributed by atoms with Crippen molar-refractivity contribution in [3.63, 3.8) is 0 Å². The Morgan fingerprint density at radius 2 is 2.46 bits per heavy atom. The molecule has 1 amide bonds. The van der Waals surface area contributed by atoms with E-state index >= 15 is 0 Å². The zero-order valence-electron chi connectivity index (χ0n) is 12.8. The quantitative estimate of drug-likeness (QED) is 0.602. The van der Waals surface area contributed by atoms with Gasteiger partial charge in [0.15, 0.2) is 4.34 Å². The average Bonchev–Trinajstić information content (AvgIpc) is 3.22. The second-order valence-electron chi connectivity index (χ2n) is 4.87. The predicted octanol–water partition coefficient (Wildman–Crippen LogP) is 3.12. The second kappa shape index (κ2) is 8.11. The van der Waals surface area contributed by atoms with E-state index in [1.807, 2.05) is 6.92 Å². The average molecular weight is 387 g/mol. The molecule has 2 aromatic rings. The summed E-state index contributed by atoms with van der Waals surface area (Å²) in [5, 5.41) is 11.3. The maximum atomic E-state index is 12.3. The van der Waals surface area contributed by atoms with Crippen LogP contribution in [0.15, 0.2) is 16.6 Å². The molecule has 1 N–H and O–H groups in total. The number of carbonyl (C=O) groups is 1. The molecule has 1 aliphatic rings. The van der Waals surface area contributed by atoms with Crippen molar-refractivity contribution in [2.75, 3.05) is 24.3 Å². The highest BCUT2D eigenvalue weighted by molar-refractivity contribution is 8.01. The van der Waals surface area contributed by atoms with E-state index in [1.165, 1.54) is 23.6 Å². The molecule has 3 rings (SSSR count). The summed E-state index contributed by atoms with van der Waals surface area (Å²) in [5.74, 6) is 0.862. The minimum atomic E-state index is -0.343. The first-order valence-corrected chi connectivity index (χ1v) is 9.51. The van der Waals surface area contributed by atoms with E-state index in [9.17, 15) is 4.79 Å². The van der Waals surface area contributed by atoms with Crippen LogP contribution in [0, 0.1) is 0 Å². The number of thioether (sulfide) groups is 1. The number of hydrogen-bond donors (Lipinski definition) is 1. The van der Waals surface area contributed by atoms with Gasteiger partial charge in [-0.1, -0.05) is 41.6 Å². The summed E-state index contributed by atoms with van der Waals surface area (Å²) in [6.07, 6.45) is 2.18. The molecule has 0 radical (unpaired) electrons. The number of anilines is 1. The predicted molar refractivity (Wildman–Crippen MR) is 93.4 cm³/mol. The van der Waals surface area contributed by atoms with Crippen molar-refractivity contribution in [3.8, 4) is 5.88 Å². The SMILES string of the molecule is CCSc1nnc(NC(=O)c2cnc(O[C@H]3CCOC3)c(Cl)c2)s1. The first kappa shape index (κ1) is 17.4. The summed E-state index contributed by atoms with van der Waals surface area (Å²) in [6, 6.07) is 1.53. The third-order valence-electron chi connectivity index (χ3n) is 3.13. The van der Waals surface area contributed by atoms with Crippen LogP contribution >= 0.6 is 34.7 Å². The van der Waals surface area contributed by atoms with Gasteiger partial charge in [-0.3, -0.25) is 10.1 Å². The smallest absolute Gasteiger partial charge is 0.259 e. The van der Waals surface area contributed by atoms with Gasteiger partial charge in [0, 0.05) is 12.6 Å². The van der Waals surface area contributed by atoms with Crippen LogP contribution in [0.5, 0.6) is 5.88 Å². The van der Waals surface area contributed by atoms with E-state index in [0.717, 1.165) is 16.5 Å². The van der Waals surface area contributed by atoms with Gasteiger partial charge < -0.3 is 9.47 Å². The summed E-state index contributed by atoms with van der Waals surface area (Å²) in [6.45, 7) is 3.22. The van der Waals surface area contributed by atoms with Gasteiger partial charge in [0.05, 0.1) is 18.8 Å². The van der Waals surface area contributed by atoms with Gasteiger partial charge in [0.1, 0.15) is 11.1 Å². The summed E-state index contributed by atoms with van der Waals surface area (Å²) < 4.78 is 11.7. The Hall–Kier alpha value is -1.42. The number of nitrogens with one attached hydrogen (secondary N) is 1. The molecule has 128 valence electrons. The van der Waals surface area contributed by atoms with Gasteiger partial charge in [-0.2, -0.15) is 0 Å². The van der Waals surface area contributed by atoms with Crippen molar-refractivity contribution < 1.29 is 14.3 Å². The summed E-state index contributed by atoms with van der Waals surface area (Å²) >= 11 is 9.06. The normalized spacial score (nSPS) is 17.0. The van der Waals surface area contributed by atoms with Crippen molar-refractivity contribution in [2.24, 2.45) is 0 Å². The van der Waals surface area contributed by atoms with E-state index in [-0.39, 0.29) is 17.0 Å². The van der Waals surface area contributed by atoms with E-state index in [1.54, 1.807) is 11.8 Å². The minimum absolute atomic E-state index is 0.0504. The first-order chi connectivity index (χ1) is 11.7. The maximum Gasteiger partial charge on any atom is 0.259 e. The summed E-state index contributed by atoms with van der Waals surface area (Å²) in [4.78, 5) is 16.4. The Morgan fingerprint density at radius 1 is 1.58 bits per heavy atom. The van der Waals surface area contributed by atoms with Crippen molar-refractivity contribution in [3.05, 3.63) is 22.8 Å². The summed E-state index contributed by atoms with van der Waals surface area (Å²) in [5.41, 5.74) is 0.329. The third kappa shape index (κ3) is 4.35. The molecule has 7 nitrogen and oxygen atoms in total. The largest absolute Gasteiger partial charge is 0.471 e. The van der Waals surface area contributed by atoms with E-state index in [4.69, 9.17) is 21.1 Å². The summed E-state index contributed by atoms with van der Waals surface area (Å²) in [7, 11) is 0. The van der Waals surface area contributed by atoms with Gasteiger partial charge in [-0.05, 0) is 11.8 Å². The van der Waals surface area contributed by atoms with Gasteiger partial charge >= 0.3 is 0 Å². The van der Waals surface area contributed by atoms with Crippen LogP contribution < -0.4 is 10.1 Å². The molecule has 1 atom stereocenters. The van der Waals surface area contributed by atoms with Crippen molar-refractivity contribution in [1.29, 1.82) is 0 Å². The van der Waals surface area contributed by atoms with Crippen molar-refractivity contribution in [1.82, 2.24) is 15.2 Å². The van der Waals surface area contributed by atoms with Gasteiger partial charge in [-0.25, -0.2) is 4.98 Å². The van der Waals surface area contributed by atoms with Crippen LogP contribution in [0.25, 0.3) is 0 Å². The molecule has 3 heterocycles. The highest BCUT2D eigenvalue weighted by atomic mass is 35.5. The number of ether oxygens (including phenoxy) is 2. The number of halogens is 1. The van der Waals surface area contributed by atoms with E-state index in [0.29, 0.717) is 29.8 Å². The van der Waals surface area contributed by atoms with Crippen LogP contribution in [0.1, 0.15) is 23.7 Å². The maximum absolute atomic E-state index is 12.3. The van der Waals surface area contributed by atoms with Crippen LogP contribution in [-0.2, 0) is 4.74 Å². The van der Waals surface area contributed by atoms with E-state index < -0.39 is 0 Å². The molecule has 0 unspecified atom stereocenters. The Balaban J connectivity index is 1.64. The fraction of sp³-hybridized carbons (Fsp3) is 0.429. The molecule has 2 aromatic heterocycles. The number of nitrogens with zero attached hydrogens (tertiary/aromatic N) is 3. The molecule has 0 saturated carbocycles. The molecule has 10 heteroatoms. The third-order valence-corrected chi connectivity index (χ3v) is 5.26. The van der Waals surface area contributed by atoms with Gasteiger partial charge in [0.25, 0.3) is 5.91 Å². The lowest BCUT2D eigenvalue weighted by Crippen LogP contribution is -2.17.